The Morgan fingerprint density at radius 2 is 2.08 bits per heavy atom. The Hall–Kier alpha value is -4.41. The molecular weight excluding hydrogens is 688 g/mol. The zero-order valence-electron chi connectivity index (χ0n) is 26.5. The number of oxime groups is 1. The van der Waals surface area contributed by atoms with Gasteiger partial charge in [-0.2, -0.15) is 13.5 Å². The van der Waals surface area contributed by atoms with E-state index in [0.717, 1.165) is 22.5 Å². The van der Waals surface area contributed by atoms with Crippen LogP contribution in [0.1, 0.15) is 50.4 Å². The number of aliphatic imine (C=N–C) groups is 1. The van der Waals surface area contributed by atoms with Gasteiger partial charge in [0.2, 0.25) is 0 Å². The van der Waals surface area contributed by atoms with E-state index in [2.05, 4.69) is 30.0 Å². The molecule has 0 radical (unpaired) electrons. The Morgan fingerprint density at radius 3 is 2.67 bits per heavy atom. The number of amidine groups is 1. The van der Waals surface area contributed by atoms with Crippen LogP contribution in [0.3, 0.4) is 0 Å². The molecule has 0 spiro atoms. The molecule has 0 unspecified atom stereocenters. The molecule has 0 saturated carbocycles. The summed E-state index contributed by atoms with van der Waals surface area (Å²) in [6.07, 6.45) is 0.103. The number of aromatic nitrogens is 1. The first-order valence-electron chi connectivity index (χ1n) is 15.0. The van der Waals surface area contributed by atoms with Gasteiger partial charge in [-0.05, 0) is 70.3 Å². The van der Waals surface area contributed by atoms with Crippen molar-refractivity contribution in [2.45, 2.75) is 75.4 Å². The van der Waals surface area contributed by atoms with E-state index in [1.54, 1.807) is 12.1 Å². The molecular formula is C28H36N8O11S2. The number of nitrogen functional groups attached to an aromatic ring is 1. The maximum absolute atomic E-state index is 13.5. The van der Waals surface area contributed by atoms with Crippen molar-refractivity contribution in [3.63, 3.8) is 0 Å². The summed E-state index contributed by atoms with van der Waals surface area (Å²) in [6.45, 7) is 4.28. The summed E-state index contributed by atoms with van der Waals surface area (Å²) < 4.78 is 41.7. The molecule has 5 atom stereocenters. The first-order valence-corrected chi connectivity index (χ1v) is 17.2. The SMILES string of the molecule is CC1(C)[C@H](NC(=O)/C(=N\O[C@](C)(C(=O)O)[C@H]2CCc3cc(C4=N[C@@H](CCN)[C@@H](CO)N4)ccc3O2)c2csc(N)n2)C(=O)N1OS(=O)(=O)O. The number of nitrogens with one attached hydrogen (secondary N) is 2. The lowest BCUT2D eigenvalue weighted by Crippen LogP contribution is -2.76. The first-order chi connectivity index (χ1) is 23.0. The third kappa shape index (κ3) is 7.16. The number of aliphatic carboxylic acids is 1. The Balaban J connectivity index is 1.35. The number of thiazole rings is 1. The lowest BCUT2D eigenvalue weighted by Gasteiger charge is -2.50. The molecule has 3 aliphatic heterocycles. The van der Waals surface area contributed by atoms with Gasteiger partial charge in [-0.15, -0.1) is 15.6 Å². The summed E-state index contributed by atoms with van der Waals surface area (Å²) in [5, 5.41) is 31.3. The first kappa shape index (κ1) is 35.9. The van der Waals surface area contributed by atoms with Crippen LogP contribution in [-0.2, 0) is 40.3 Å². The van der Waals surface area contributed by atoms with E-state index in [1.807, 2.05) is 6.07 Å². The van der Waals surface area contributed by atoms with Crippen LogP contribution >= 0.6 is 11.3 Å². The number of carbonyl (C=O) groups excluding carboxylic acids is 2. The van der Waals surface area contributed by atoms with Crippen molar-refractivity contribution in [3.8, 4) is 5.75 Å². The Kier molecular flexibility index (Phi) is 9.87. The third-order valence-electron chi connectivity index (χ3n) is 8.49. The smallest absolute Gasteiger partial charge is 0.418 e. The van der Waals surface area contributed by atoms with Crippen LogP contribution in [0.25, 0.3) is 0 Å². The molecule has 9 N–H and O–H groups in total. The molecule has 1 aromatic carbocycles. The summed E-state index contributed by atoms with van der Waals surface area (Å²) in [7, 11) is -5.03. The average molecular weight is 725 g/mol. The highest BCUT2D eigenvalue weighted by molar-refractivity contribution is 7.80. The van der Waals surface area contributed by atoms with Crippen molar-refractivity contribution in [3.05, 3.63) is 40.4 Å². The molecule has 5 rings (SSSR count). The monoisotopic (exact) mass is 724 g/mol. The van der Waals surface area contributed by atoms with Gasteiger partial charge in [0.05, 0.1) is 24.2 Å². The minimum atomic E-state index is -5.03. The van der Waals surface area contributed by atoms with Crippen molar-refractivity contribution >= 4 is 56.2 Å². The highest BCUT2D eigenvalue weighted by Gasteiger charge is 2.58. The summed E-state index contributed by atoms with van der Waals surface area (Å²) >= 11 is 0.959. The summed E-state index contributed by atoms with van der Waals surface area (Å²) in [5.41, 5.74) is 8.80. The van der Waals surface area contributed by atoms with Gasteiger partial charge in [0, 0.05) is 10.9 Å². The largest absolute Gasteiger partial charge is 0.485 e. The van der Waals surface area contributed by atoms with Crippen LogP contribution in [0.4, 0.5) is 5.13 Å². The van der Waals surface area contributed by atoms with Crippen LogP contribution in [0, 0.1) is 0 Å². The zero-order valence-corrected chi connectivity index (χ0v) is 28.2. The van der Waals surface area contributed by atoms with Crippen LogP contribution in [0.2, 0.25) is 0 Å². The zero-order chi connectivity index (χ0) is 35.9. The van der Waals surface area contributed by atoms with Gasteiger partial charge in [0.1, 0.15) is 23.3 Å². The van der Waals surface area contributed by atoms with E-state index < -0.39 is 57.2 Å². The number of hydrogen-bond acceptors (Lipinski definition) is 16. The molecule has 49 heavy (non-hydrogen) atoms. The maximum Gasteiger partial charge on any atom is 0.418 e. The number of hydrogen-bond donors (Lipinski definition) is 7. The molecule has 4 heterocycles. The van der Waals surface area contributed by atoms with Crippen molar-refractivity contribution in [2.75, 3.05) is 18.9 Å². The number of hydroxylamine groups is 2. The Bertz CT molecular complexity index is 1810. The van der Waals surface area contributed by atoms with Gasteiger partial charge in [-0.1, -0.05) is 5.16 Å². The number of amides is 2. The summed E-state index contributed by atoms with van der Waals surface area (Å²) in [4.78, 5) is 53.0. The lowest BCUT2D eigenvalue weighted by molar-refractivity contribution is -0.218. The minimum Gasteiger partial charge on any atom is -0.485 e. The summed E-state index contributed by atoms with van der Waals surface area (Å²) in [6, 6.07) is 3.53. The number of aryl methyl sites for hydroxylation is 1. The number of carboxylic acids is 1. The second kappa shape index (κ2) is 13.5. The fourth-order valence-electron chi connectivity index (χ4n) is 5.65. The Morgan fingerprint density at radius 1 is 1.35 bits per heavy atom. The van der Waals surface area contributed by atoms with E-state index in [0.29, 0.717) is 36.0 Å². The van der Waals surface area contributed by atoms with Crippen molar-refractivity contribution in [1.29, 1.82) is 0 Å². The van der Waals surface area contributed by atoms with Gasteiger partial charge in [0.15, 0.2) is 16.9 Å². The second-order valence-electron chi connectivity index (χ2n) is 12.2. The fourth-order valence-corrected chi connectivity index (χ4v) is 6.65. The van der Waals surface area contributed by atoms with Gasteiger partial charge in [0.25, 0.3) is 17.4 Å². The van der Waals surface area contributed by atoms with Crippen molar-refractivity contribution in [1.82, 2.24) is 20.7 Å². The number of aliphatic hydroxyl groups excluding tert-OH is 1. The molecule has 0 aliphatic carbocycles. The standard InChI is InChI=1S/C28H36N8O11S2/c1-27(2)21(24(39)36(27)47-49(42,43)44)34-23(38)20(17-12-48-26(30)33-17)35-46-28(3,25(40)41)19-7-5-13-10-14(4-6-18(13)45-19)22-31-15(8-9-29)16(11-37)32-22/h4,6,10,12,15-16,19,21,37H,5,7-9,11,29H2,1-3H3,(H2,30,33)(H,31,32)(H,34,38)(H,40,41)(H,42,43,44)/b35-20-/t15-,16+,19+,21+,28-/m0/s1. The number of benzene rings is 1. The van der Waals surface area contributed by atoms with E-state index >= 15 is 0 Å². The molecule has 266 valence electrons. The normalized spacial score (nSPS) is 24.4. The molecule has 3 aliphatic rings. The number of rotatable bonds is 13. The van der Waals surface area contributed by atoms with Crippen LogP contribution in [-0.4, -0.2) is 111 Å². The number of ether oxygens (including phenoxy) is 1. The molecule has 1 saturated heterocycles. The fraction of sp³-hybridized carbons (Fsp3) is 0.500. The highest BCUT2D eigenvalue weighted by Crippen LogP contribution is 2.36. The van der Waals surface area contributed by atoms with Gasteiger partial charge >= 0.3 is 16.4 Å². The number of carbonyl (C=O) groups is 3. The molecule has 2 aromatic rings. The molecule has 1 fully saturated rings. The van der Waals surface area contributed by atoms with E-state index in [1.165, 1.54) is 26.2 Å². The number of nitrogens with zero attached hydrogens (tertiary/aromatic N) is 4. The molecule has 1 aromatic heterocycles. The Labute approximate surface area is 284 Å². The van der Waals surface area contributed by atoms with Gasteiger partial charge in [-0.25, -0.2) is 9.78 Å². The third-order valence-corrected chi connectivity index (χ3v) is 9.50. The number of anilines is 1. The molecule has 21 heteroatoms. The van der Waals surface area contributed by atoms with Crippen LogP contribution < -0.4 is 26.8 Å². The predicted octanol–water partition coefficient (Wildman–Crippen LogP) is -1.05. The highest BCUT2D eigenvalue weighted by atomic mass is 32.3. The van der Waals surface area contributed by atoms with Crippen molar-refractivity contribution < 1.29 is 51.4 Å². The maximum atomic E-state index is 13.5. The number of nitrogens with two attached hydrogens (primary N) is 2. The van der Waals surface area contributed by atoms with Gasteiger partial charge < -0.3 is 41.9 Å². The molecule has 0 bridgehead atoms. The van der Waals surface area contributed by atoms with Crippen molar-refractivity contribution in [2.24, 2.45) is 15.9 Å². The molecule has 2 amide bonds. The average Bonchev–Trinajstić information content (AvgIpc) is 3.67. The summed E-state index contributed by atoms with van der Waals surface area (Å²) in [5.74, 6) is -2.46. The topological polar surface area (TPSA) is 291 Å². The number of carboxylic acid groups (broad SMARTS) is 1. The number of fused-ring (bicyclic) bond motifs is 1. The lowest BCUT2D eigenvalue weighted by atomic mass is 9.84. The quantitative estimate of drug-likeness (QED) is 0.0561. The van der Waals surface area contributed by atoms with E-state index in [4.69, 9.17) is 25.6 Å². The second-order valence-corrected chi connectivity index (χ2v) is 14.1. The minimum absolute atomic E-state index is 0.0522. The van der Waals surface area contributed by atoms with Gasteiger partial charge in [-0.3, -0.25) is 19.1 Å². The molecule has 19 nitrogen and oxygen atoms in total. The predicted molar refractivity (Wildman–Crippen MR) is 173 cm³/mol. The van der Waals surface area contributed by atoms with E-state index in [9.17, 15) is 33.0 Å². The van der Waals surface area contributed by atoms with Crippen LogP contribution in [0.5, 0.6) is 5.75 Å². The number of β-lactam (4-membered cyclic amide) rings is 1. The van der Waals surface area contributed by atoms with E-state index in [-0.39, 0.29) is 35.9 Å². The number of aliphatic hydroxyl groups is 1. The van der Waals surface area contributed by atoms with Crippen LogP contribution in [0.15, 0.2) is 33.7 Å².